The molecule has 0 unspecified atom stereocenters. The lowest BCUT2D eigenvalue weighted by atomic mass is 10.1. The Morgan fingerprint density at radius 2 is 1.68 bits per heavy atom. The molecule has 0 heterocycles. The van der Waals surface area contributed by atoms with Gasteiger partial charge in [-0.1, -0.05) is 11.6 Å². The van der Waals surface area contributed by atoms with Gasteiger partial charge >= 0.3 is 17.8 Å². The van der Waals surface area contributed by atoms with Crippen molar-refractivity contribution in [3.05, 3.63) is 28.8 Å². The average molecular weight is 327 g/mol. The standard InChI is InChI=1S/C14H19ClN4O3/c1-8-7-9(5-6-10(8)15)16-11(20)12(21)18-19-13(22)17-14(2,3)4/h5-7H,1-4H3,(H,16,20)(H,18,21)(H2,17,19,22). The third-order valence-corrected chi connectivity index (χ3v) is 2.82. The highest BCUT2D eigenvalue weighted by Gasteiger charge is 2.17. The lowest BCUT2D eigenvalue weighted by Gasteiger charge is -2.20. The molecule has 0 fully saturated rings. The Morgan fingerprint density at radius 3 is 2.23 bits per heavy atom. The van der Waals surface area contributed by atoms with Crippen LogP contribution in [0.3, 0.4) is 0 Å². The molecule has 0 radical (unpaired) electrons. The topological polar surface area (TPSA) is 99.3 Å². The number of carbonyl (C=O) groups is 3. The third-order valence-electron chi connectivity index (χ3n) is 2.40. The summed E-state index contributed by atoms with van der Waals surface area (Å²) in [5, 5.41) is 5.52. The van der Waals surface area contributed by atoms with Gasteiger partial charge in [0.1, 0.15) is 0 Å². The maximum absolute atomic E-state index is 11.7. The lowest BCUT2D eigenvalue weighted by molar-refractivity contribution is -0.136. The summed E-state index contributed by atoms with van der Waals surface area (Å²) in [6, 6.07) is 4.20. The number of hydrazine groups is 1. The predicted octanol–water partition coefficient (Wildman–Crippen LogP) is 1.72. The minimum Gasteiger partial charge on any atom is -0.332 e. The summed E-state index contributed by atoms with van der Waals surface area (Å²) in [4.78, 5) is 34.7. The number of amides is 4. The van der Waals surface area contributed by atoms with Gasteiger partial charge < -0.3 is 10.6 Å². The van der Waals surface area contributed by atoms with Crippen molar-refractivity contribution in [2.24, 2.45) is 0 Å². The number of hydrogen-bond donors (Lipinski definition) is 4. The summed E-state index contributed by atoms with van der Waals surface area (Å²) in [5.74, 6) is -1.89. The molecule has 120 valence electrons. The van der Waals surface area contributed by atoms with Gasteiger partial charge in [-0.05, 0) is 51.5 Å². The second-order valence-electron chi connectivity index (χ2n) is 5.70. The Morgan fingerprint density at radius 1 is 1.05 bits per heavy atom. The minimum atomic E-state index is -0.989. The van der Waals surface area contributed by atoms with Gasteiger partial charge in [0.05, 0.1) is 0 Å². The average Bonchev–Trinajstić information content (AvgIpc) is 2.38. The smallest absolute Gasteiger partial charge is 0.332 e. The normalized spacial score (nSPS) is 10.6. The Hall–Kier alpha value is -2.28. The van der Waals surface area contributed by atoms with Crippen molar-refractivity contribution in [2.75, 3.05) is 5.32 Å². The molecule has 0 bridgehead atoms. The van der Waals surface area contributed by atoms with Crippen LogP contribution in [0, 0.1) is 6.92 Å². The summed E-state index contributed by atoms with van der Waals surface area (Å²) in [6.07, 6.45) is 0. The molecule has 1 rings (SSSR count). The third kappa shape index (κ3) is 6.01. The molecule has 0 aliphatic heterocycles. The molecular formula is C14H19ClN4O3. The number of carbonyl (C=O) groups excluding carboxylic acids is 3. The molecule has 0 aliphatic carbocycles. The molecule has 0 spiro atoms. The highest BCUT2D eigenvalue weighted by molar-refractivity contribution is 6.39. The van der Waals surface area contributed by atoms with Gasteiger partial charge in [-0.15, -0.1) is 0 Å². The number of benzene rings is 1. The summed E-state index contributed by atoms with van der Waals surface area (Å²) >= 11 is 5.87. The van der Waals surface area contributed by atoms with Gasteiger partial charge in [-0.3, -0.25) is 15.0 Å². The number of aryl methyl sites for hydroxylation is 1. The van der Waals surface area contributed by atoms with Crippen LogP contribution < -0.4 is 21.5 Å². The van der Waals surface area contributed by atoms with E-state index < -0.39 is 23.4 Å². The number of urea groups is 1. The van der Waals surface area contributed by atoms with E-state index in [0.717, 1.165) is 5.56 Å². The first-order valence-corrected chi connectivity index (χ1v) is 6.92. The van der Waals surface area contributed by atoms with Gasteiger partial charge in [-0.25, -0.2) is 10.2 Å². The van der Waals surface area contributed by atoms with Crippen molar-refractivity contribution in [1.29, 1.82) is 0 Å². The molecule has 0 saturated carbocycles. The van der Waals surface area contributed by atoms with Gasteiger partial charge in [-0.2, -0.15) is 0 Å². The maximum atomic E-state index is 11.7. The quantitative estimate of drug-likeness (QED) is 0.467. The van der Waals surface area contributed by atoms with Gasteiger partial charge in [0.15, 0.2) is 0 Å². The molecule has 7 nitrogen and oxygen atoms in total. The minimum absolute atomic E-state index is 0.432. The van der Waals surface area contributed by atoms with Crippen LogP contribution in [0.5, 0.6) is 0 Å². The Kier molecular flexibility index (Phi) is 5.76. The van der Waals surface area contributed by atoms with E-state index in [9.17, 15) is 14.4 Å². The molecular weight excluding hydrogens is 308 g/mol. The van der Waals surface area contributed by atoms with Crippen molar-refractivity contribution < 1.29 is 14.4 Å². The second kappa shape index (κ2) is 7.13. The number of hydrogen-bond acceptors (Lipinski definition) is 3. The largest absolute Gasteiger partial charge is 0.333 e. The van der Waals surface area contributed by atoms with Crippen LogP contribution in [-0.2, 0) is 9.59 Å². The summed E-state index contributed by atoms with van der Waals surface area (Å²) in [5.41, 5.74) is 4.84. The van der Waals surface area contributed by atoms with Crippen LogP contribution in [-0.4, -0.2) is 23.4 Å². The number of rotatable bonds is 1. The fourth-order valence-electron chi connectivity index (χ4n) is 1.45. The van der Waals surface area contributed by atoms with E-state index in [1.165, 1.54) is 0 Å². The van der Waals surface area contributed by atoms with Gasteiger partial charge in [0.25, 0.3) is 0 Å². The molecule has 0 aromatic heterocycles. The number of nitrogens with one attached hydrogen (secondary N) is 4. The van der Waals surface area contributed by atoms with E-state index >= 15 is 0 Å². The van der Waals surface area contributed by atoms with E-state index in [0.29, 0.717) is 10.7 Å². The zero-order valence-electron chi connectivity index (χ0n) is 12.8. The molecule has 4 amide bonds. The monoisotopic (exact) mass is 326 g/mol. The van der Waals surface area contributed by atoms with Crippen LogP contribution in [0.4, 0.5) is 10.5 Å². The first kappa shape index (κ1) is 17.8. The Balaban J connectivity index is 2.50. The van der Waals surface area contributed by atoms with Crippen molar-refractivity contribution >= 4 is 35.1 Å². The molecule has 8 heteroatoms. The molecule has 0 saturated heterocycles. The molecule has 1 aromatic rings. The summed E-state index contributed by atoms with van der Waals surface area (Å²) in [7, 11) is 0. The fraction of sp³-hybridized carbons (Fsp3) is 0.357. The molecule has 1 aromatic carbocycles. The van der Waals surface area contributed by atoms with E-state index in [1.54, 1.807) is 45.9 Å². The highest BCUT2D eigenvalue weighted by atomic mass is 35.5. The Bertz CT molecular complexity index is 596. The van der Waals surface area contributed by atoms with Crippen molar-refractivity contribution in [3.8, 4) is 0 Å². The van der Waals surface area contributed by atoms with Crippen LogP contribution in [0.2, 0.25) is 5.02 Å². The van der Waals surface area contributed by atoms with E-state index in [2.05, 4.69) is 16.1 Å². The number of halogens is 1. The second-order valence-corrected chi connectivity index (χ2v) is 6.11. The van der Waals surface area contributed by atoms with Crippen LogP contribution in [0.15, 0.2) is 18.2 Å². The van der Waals surface area contributed by atoms with E-state index in [4.69, 9.17) is 11.6 Å². The summed E-state index contributed by atoms with van der Waals surface area (Å²) in [6.45, 7) is 7.12. The first-order valence-electron chi connectivity index (χ1n) is 6.54. The fourth-order valence-corrected chi connectivity index (χ4v) is 1.57. The first-order chi connectivity index (χ1) is 10.1. The van der Waals surface area contributed by atoms with Crippen molar-refractivity contribution in [2.45, 2.75) is 33.2 Å². The van der Waals surface area contributed by atoms with Crippen LogP contribution in [0.1, 0.15) is 26.3 Å². The molecule has 22 heavy (non-hydrogen) atoms. The SMILES string of the molecule is Cc1cc(NC(=O)C(=O)NNC(=O)NC(C)(C)C)ccc1Cl. The van der Waals surface area contributed by atoms with Crippen molar-refractivity contribution in [3.63, 3.8) is 0 Å². The Labute approximate surface area is 133 Å². The molecule has 0 atom stereocenters. The van der Waals surface area contributed by atoms with Gasteiger partial charge in [0.2, 0.25) is 0 Å². The summed E-state index contributed by atoms with van der Waals surface area (Å²) < 4.78 is 0. The van der Waals surface area contributed by atoms with E-state index in [1.807, 2.05) is 5.43 Å². The van der Waals surface area contributed by atoms with Crippen LogP contribution in [0.25, 0.3) is 0 Å². The number of anilines is 1. The van der Waals surface area contributed by atoms with Crippen LogP contribution >= 0.6 is 11.6 Å². The lowest BCUT2D eigenvalue weighted by Crippen LogP contribution is -2.54. The zero-order chi connectivity index (χ0) is 16.9. The predicted molar refractivity (Wildman–Crippen MR) is 84.4 cm³/mol. The van der Waals surface area contributed by atoms with Gasteiger partial charge in [0, 0.05) is 16.2 Å². The molecule has 0 aliphatic rings. The zero-order valence-corrected chi connectivity index (χ0v) is 13.6. The van der Waals surface area contributed by atoms with Crippen molar-refractivity contribution in [1.82, 2.24) is 16.2 Å². The maximum Gasteiger partial charge on any atom is 0.333 e. The highest BCUT2D eigenvalue weighted by Crippen LogP contribution is 2.19. The molecule has 4 N–H and O–H groups in total. The van der Waals surface area contributed by atoms with E-state index in [-0.39, 0.29) is 0 Å².